The van der Waals surface area contributed by atoms with Gasteiger partial charge in [0.05, 0.1) is 30.7 Å². The summed E-state index contributed by atoms with van der Waals surface area (Å²) in [6, 6.07) is 0. The molecule has 3 aliphatic rings. The SMILES string of the molecule is CCCOC(=O)C1C2C=CC(O2)C1C(=O)CCC1CCN(C)CC1. The van der Waals surface area contributed by atoms with Gasteiger partial charge in [-0.1, -0.05) is 19.1 Å². The van der Waals surface area contributed by atoms with Crippen LogP contribution in [-0.2, 0) is 19.1 Å². The van der Waals surface area contributed by atoms with E-state index in [1.807, 2.05) is 19.1 Å². The first-order valence-electron chi connectivity index (χ1n) is 9.31. The number of carbonyl (C=O) groups excluding carboxylic acids is 2. The lowest BCUT2D eigenvalue weighted by atomic mass is 9.78. The van der Waals surface area contributed by atoms with Gasteiger partial charge in [0.15, 0.2) is 0 Å². The third-order valence-corrected chi connectivity index (χ3v) is 5.63. The number of rotatable bonds is 7. The molecule has 4 atom stereocenters. The molecule has 3 rings (SSSR count). The predicted octanol–water partition coefficient (Wildman–Crippen LogP) is 2.20. The molecule has 4 unspecified atom stereocenters. The number of ketones is 1. The lowest BCUT2D eigenvalue weighted by Gasteiger charge is -2.29. The van der Waals surface area contributed by atoms with Crippen LogP contribution in [0.3, 0.4) is 0 Å². The Morgan fingerprint density at radius 1 is 1.17 bits per heavy atom. The molecule has 0 spiro atoms. The first-order valence-corrected chi connectivity index (χ1v) is 9.31. The fourth-order valence-electron chi connectivity index (χ4n) is 4.14. The summed E-state index contributed by atoms with van der Waals surface area (Å²) >= 11 is 0. The quantitative estimate of drug-likeness (QED) is 0.527. The van der Waals surface area contributed by atoms with E-state index in [0.29, 0.717) is 18.9 Å². The maximum Gasteiger partial charge on any atom is 0.312 e. The van der Waals surface area contributed by atoms with Crippen molar-refractivity contribution in [1.82, 2.24) is 4.90 Å². The number of ether oxygens (including phenoxy) is 2. The molecule has 0 aliphatic carbocycles. The second kappa shape index (κ2) is 7.79. The normalized spacial score (nSPS) is 33.1. The number of piperidine rings is 1. The van der Waals surface area contributed by atoms with Gasteiger partial charge in [0.25, 0.3) is 0 Å². The van der Waals surface area contributed by atoms with Crippen LogP contribution >= 0.6 is 0 Å². The summed E-state index contributed by atoms with van der Waals surface area (Å²) in [4.78, 5) is 27.5. The Morgan fingerprint density at radius 2 is 1.83 bits per heavy atom. The molecule has 134 valence electrons. The molecule has 3 aliphatic heterocycles. The highest BCUT2D eigenvalue weighted by molar-refractivity contribution is 5.89. The van der Waals surface area contributed by atoms with Gasteiger partial charge in [-0.3, -0.25) is 9.59 Å². The van der Waals surface area contributed by atoms with Crippen molar-refractivity contribution >= 4 is 11.8 Å². The lowest BCUT2D eigenvalue weighted by molar-refractivity contribution is -0.152. The Bertz CT molecular complexity index is 496. The van der Waals surface area contributed by atoms with Gasteiger partial charge in [-0.05, 0) is 51.7 Å². The lowest BCUT2D eigenvalue weighted by Crippen LogP contribution is -2.38. The number of fused-ring (bicyclic) bond motifs is 2. The number of esters is 1. The molecule has 2 bridgehead atoms. The van der Waals surface area contributed by atoms with Gasteiger partial charge in [0.1, 0.15) is 5.78 Å². The summed E-state index contributed by atoms with van der Waals surface area (Å²) in [6.07, 6.45) is 7.93. The van der Waals surface area contributed by atoms with Crippen molar-refractivity contribution in [2.45, 2.75) is 51.2 Å². The minimum Gasteiger partial charge on any atom is -0.465 e. The van der Waals surface area contributed by atoms with Crippen LogP contribution in [0.4, 0.5) is 0 Å². The average Bonchev–Trinajstić information content (AvgIpc) is 3.20. The monoisotopic (exact) mass is 335 g/mol. The van der Waals surface area contributed by atoms with Crippen LogP contribution in [0.15, 0.2) is 12.2 Å². The van der Waals surface area contributed by atoms with E-state index in [0.717, 1.165) is 25.9 Å². The average molecular weight is 335 g/mol. The van der Waals surface area contributed by atoms with E-state index in [4.69, 9.17) is 9.47 Å². The molecule has 0 aromatic rings. The first kappa shape index (κ1) is 17.6. The molecular weight excluding hydrogens is 306 g/mol. The number of nitrogens with zero attached hydrogens (tertiary/aromatic N) is 1. The van der Waals surface area contributed by atoms with Crippen molar-refractivity contribution in [1.29, 1.82) is 0 Å². The van der Waals surface area contributed by atoms with Crippen molar-refractivity contribution in [3.63, 3.8) is 0 Å². The highest BCUT2D eigenvalue weighted by Crippen LogP contribution is 2.41. The molecule has 2 saturated heterocycles. The molecule has 0 amide bonds. The van der Waals surface area contributed by atoms with Crippen molar-refractivity contribution in [2.24, 2.45) is 17.8 Å². The molecule has 0 aromatic carbocycles. The third-order valence-electron chi connectivity index (χ3n) is 5.63. The molecule has 2 fully saturated rings. The minimum atomic E-state index is -0.448. The Morgan fingerprint density at radius 3 is 2.50 bits per heavy atom. The Balaban J connectivity index is 1.56. The van der Waals surface area contributed by atoms with Gasteiger partial charge in [0, 0.05) is 6.42 Å². The van der Waals surface area contributed by atoms with Crippen LogP contribution in [0.2, 0.25) is 0 Å². The largest absolute Gasteiger partial charge is 0.465 e. The summed E-state index contributed by atoms with van der Waals surface area (Å²) in [7, 11) is 2.15. The minimum absolute atomic E-state index is 0.171. The van der Waals surface area contributed by atoms with E-state index in [2.05, 4.69) is 11.9 Å². The van der Waals surface area contributed by atoms with Crippen molar-refractivity contribution < 1.29 is 19.1 Å². The zero-order valence-corrected chi connectivity index (χ0v) is 14.8. The van der Waals surface area contributed by atoms with E-state index in [1.165, 1.54) is 12.8 Å². The Kier molecular flexibility index (Phi) is 5.72. The van der Waals surface area contributed by atoms with E-state index >= 15 is 0 Å². The zero-order chi connectivity index (χ0) is 17.1. The Hall–Kier alpha value is -1.20. The highest BCUT2D eigenvalue weighted by atomic mass is 16.5. The van der Waals surface area contributed by atoms with Gasteiger partial charge in [-0.15, -0.1) is 0 Å². The number of Topliss-reactive ketones (excluding diaryl/α,β-unsaturated/α-hetero) is 1. The van der Waals surface area contributed by atoms with Crippen molar-refractivity contribution in [3.05, 3.63) is 12.2 Å². The van der Waals surface area contributed by atoms with Gasteiger partial charge in [-0.2, -0.15) is 0 Å². The van der Waals surface area contributed by atoms with Crippen LogP contribution in [-0.4, -0.2) is 55.6 Å². The van der Waals surface area contributed by atoms with Crippen LogP contribution in [0.5, 0.6) is 0 Å². The van der Waals surface area contributed by atoms with E-state index < -0.39 is 5.92 Å². The number of hydrogen-bond donors (Lipinski definition) is 0. The van der Waals surface area contributed by atoms with Gasteiger partial charge < -0.3 is 14.4 Å². The van der Waals surface area contributed by atoms with Crippen LogP contribution in [0.1, 0.15) is 39.0 Å². The third kappa shape index (κ3) is 3.72. The van der Waals surface area contributed by atoms with E-state index in [9.17, 15) is 9.59 Å². The molecule has 0 saturated carbocycles. The van der Waals surface area contributed by atoms with Crippen LogP contribution in [0, 0.1) is 17.8 Å². The fourth-order valence-corrected chi connectivity index (χ4v) is 4.14. The summed E-state index contributed by atoms with van der Waals surface area (Å²) in [5, 5.41) is 0. The van der Waals surface area contributed by atoms with E-state index in [-0.39, 0.29) is 29.9 Å². The van der Waals surface area contributed by atoms with Gasteiger partial charge in [0.2, 0.25) is 0 Å². The molecule has 0 radical (unpaired) electrons. The second-order valence-corrected chi connectivity index (χ2v) is 7.42. The molecule has 0 N–H and O–H groups in total. The van der Waals surface area contributed by atoms with Gasteiger partial charge in [-0.25, -0.2) is 0 Å². The number of carbonyl (C=O) groups is 2. The van der Waals surface area contributed by atoms with Gasteiger partial charge >= 0.3 is 5.97 Å². The topological polar surface area (TPSA) is 55.8 Å². The molecule has 0 aromatic heterocycles. The number of hydrogen-bond acceptors (Lipinski definition) is 5. The summed E-state index contributed by atoms with van der Waals surface area (Å²) in [5.74, 6) is -0.270. The smallest absolute Gasteiger partial charge is 0.312 e. The summed E-state index contributed by atoms with van der Waals surface area (Å²) < 4.78 is 11.1. The maximum absolute atomic E-state index is 12.8. The maximum atomic E-state index is 12.8. The fraction of sp³-hybridized carbons (Fsp3) is 0.789. The van der Waals surface area contributed by atoms with Crippen LogP contribution in [0.25, 0.3) is 0 Å². The first-order chi connectivity index (χ1) is 11.6. The van der Waals surface area contributed by atoms with Crippen molar-refractivity contribution in [3.8, 4) is 0 Å². The predicted molar refractivity (Wildman–Crippen MR) is 90.5 cm³/mol. The molecule has 5 heteroatoms. The standard InChI is InChI=1S/C19H29NO4/c1-3-12-23-19(22)18-16-7-6-15(24-16)17(18)14(21)5-4-13-8-10-20(2)11-9-13/h6-7,13,15-18H,3-5,8-12H2,1-2H3. The van der Waals surface area contributed by atoms with Crippen molar-refractivity contribution in [2.75, 3.05) is 26.7 Å². The highest BCUT2D eigenvalue weighted by Gasteiger charge is 2.53. The molecule has 5 nitrogen and oxygen atoms in total. The second-order valence-electron chi connectivity index (χ2n) is 7.42. The summed E-state index contributed by atoms with van der Waals surface area (Å²) in [6.45, 7) is 4.61. The Labute approximate surface area is 144 Å². The molecule has 24 heavy (non-hydrogen) atoms. The number of likely N-dealkylation sites (tertiary alicyclic amines) is 1. The summed E-state index contributed by atoms with van der Waals surface area (Å²) in [5.41, 5.74) is 0. The molecular formula is C19H29NO4. The zero-order valence-electron chi connectivity index (χ0n) is 14.8. The van der Waals surface area contributed by atoms with E-state index in [1.54, 1.807) is 0 Å². The molecule has 3 heterocycles. The van der Waals surface area contributed by atoms with Crippen LogP contribution < -0.4 is 0 Å².